The van der Waals surface area contributed by atoms with Crippen LogP contribution in [0, 0.1) is 5.82 Å². The molecule has 0 aliphatic heterocycles. The van der Waals surface area contributed by atoms with Crippen LogP contribution in [0.2, 0.25) is 0 Å². The van der Waals surface area contributed by atoms with Crippen molar-refractivity contribution in [3.05, 3.63) is 77.7 Å². The summed E-state index contributed by atoms with van der Waals surface area (Å²) >= 11 is 0. The van der Waals surface area contributed by atoms with E-state index >= 15 is 0 Å². The maximum Gasteiger partial charge on any atom is 0.416 e. The van der Waals surface area contributed by atoms with E-state index in [1.165, 1.54) is 42.6 Å². The lowest BCUT2D eigenvalue weighted by molar-refractivity contribution is -0.137. The summed E-state index contributed by atoms with van der Waals surface area (Å²) < 4.78 is 57.7. The van der Waals surface area contributed by atoms with Gasteiger partial charge >= 0.3 is 6.18 Å². The molecule has 4 nitrogen and oxygen atoms in total. The Morgan fingerprint density at radius 2 is 1.83 bits per heavy atom. The third-order valence-electron chi connectivity index (χ3n) is 4.18. The molecule has 3 rings (SSSR count). The Morgan fingerprint density at radius 3 is 2.47 bits per heavy atom. The Balaban J connectivity index is 1.97. The molecule has 0 fully saturated rings. The Hall–Kier alpha value is -3.42. The van der Waals surface area contributed by atoms with Gasteiger partial charge in [0.2, 0.25) is 5.88 Å². The van der Waals surface area contributed by atoms with Crippen LogP contribution in [0.15, 0.2) is 60.8 Å². The van der Waals surface area contributed by atoms with Gasteiger partial charge in [-0.25, -0.2) is 9.37 Å². The molecule has 0 bridgehead atoms. The zero-order chi connectivity index (χ0) is 21.7. The number of ether oxygens (including phenoxy) is 1. The molecule has 0 saturated carbocycles. The minimum atomic E-state index is -4.46. The van der Waals surface area contributed by atoms with Crippen molar-refractivity contribution in [3.63, 3.8) is 0 Å². The number of hydrogen-bond acceptors (Lipinski definition) is 3. The highest BCUT2D eigenvalue weighted by Crippen LogP contribution is 2.34. The molecule has 0 saturated heterocycles. The van der Waals surface area contributed by atoms with Gasteiger partial charge in [-0.3, -0.25) is 4.79 Å². The molecule has 3 aromatic rings. The first-order chi connectivity index (χ1) is 14.3. The third-order valence-corrected chi connectivity index (χ3v) is 4.18. The highest BCUT2D eigenvalue weighted by Gasteiger charge is 2.30. The number of carbonyl (C=O) groups is 1. The Bertz CT molecular complexity index is 1030. The van der Waals surface area contributed by atoms with Crippen LogP contribution in [0.5, 0.6) is 11.6 Å². The summed E-state index contributed by atoms with van der Waals surface area (Å²) in [5.41, 5.74) is 0.187. The molecule has 0 unspecified atom stereocenters. The second kappa shape index (κ2) is 8.94. The molecule has 0 aliphatic carbocycles. The number of pyridine rings is 1. The fourth-order valence-electron chi connectivity index (χ4n) is 2.68. The lowest BCUT2D eigenvalue weighted by atomic mass is 10.0. The van der Waals surface area contributed by atoms with Gasteiger partial charge in [0.05, 0.1) is 11.1 Å². The molecule has 8 heteroatoms. The SMILES string of the molecule is CCCNC(=O)c1cnc(Oc2ccc(C(F)(F)F)cc2)c(-c2cccc(F)c2)c1. The van der Waals surface area contributed by atoms with Gasteiger partial charge in [0.25, 0.3) is 5.91 Å². The van der Waals surface area contributed by atoms with Crippen molar-refractivity contribution in [3.8, 4) is 22.8 Å². The van der Waals surface area contributed by atoms with Gasteiger partial charge in [-0.15, -0.1) is 0 Å². The predicted octanol–water partition coefficient (Wildman–Crippen LogP) is 5.84. The van der Waals surface area contributed by atoms with Gasteiger partial charge in [0, 0.05) is 18.3 Å². The molecular weight excluding hydrogens is 400 g/mol. The van der Waals surface area contributed by atoms with Crippen molar-refractivity contribution in [2.75, 3.05) is 6.54 Å². The average molecular weight is 418 g/mol. The molecule has 2 aromatic carbocycles. The van der Waals surface area contributed by atoms with Gasteiger partial charge in [0.1, 0.15) is 11.6 Å². The van der Waals surface area contributed by atoms with Gasteiger partial charge in [-0.2, -0.15) is 13.2 Å². The van der Waals surface area contributed by atoms with Crippen LogP contribution in [0.1, 0.15) is 29.3 Å². The number of aromatic nitrogens is 1. The van der Waals surface area contributed by atoms with Gasteiger partial charge < -0.3 is 10.1 Å². The Kier molecular flexibility index (Phi) is 6.34. The molecule has 30 heavy (non-hydrogen) atoms. The van der Waals surface area contributed by atoms with Crippen LogP contribution in [-0.2, 0) is 6.18 Å². The number of halogens is 4. The lowest BCUT2D eigenvalue weighted by Gasteiger charge is -2.13. The summed E-state index contributed by atoms with van der Waals surface area (Å²) in [4.78, 5) is 16.4. The largest absolute Gasteiger partial charge is 0.438 e. The topological polar surface area (TPSA) is 51.2 Å². The number of nitrogens with zero attached hydrogens (tertiary/aromatic N) is 1. The van der Waals surface area contributed by atoms with Crippen LogP contribution >= 0.6 is 0 Å². The van der Waals surface area contributed by atoms with E-state index in [9.17, 15) is 22.4 Å². The van der Waals surface area contributed by atoms with Crippen LogP contribution in [-0.4, -0.2) is 17.4 Å². The third kappa shape index (κ3) is 5.14. The predicted molar refractivity (Wildman–Crippen MR) is 104 cm³/mol. The number of alkyl halides is 3. The summed E-state index contributed by atoms with van der Waals surface area (Å²) in [6.07, 6.45) is -2.41. The van der Waals surface area contributed by atoms with E-state index in [0.29, 0.717) is 17.7 Å². The van der Waals surface area contributed by atoms with Crippen LogP contribution in [0.3, 0.4) is 0 Å². The van der Waals surface area contributed by atoms with Gasteiger partial charge in [-0.05, 0) is 54.4 Å². The summed E-state index contributed by atoms with van der Waals surface area (Å²) in [5.74, 6) is -0.680. The van der Waals surface area contributed by atoms with Gasteiger partial charge in [-0.1, -0.05) is 19.1 Å². The van der Waals surface area contributed by atoms with Crippen molar-refractivity contribution in [1.29, 1.82) is 0 Å². The number of hydrogen-bond donors (Lipinski definition) is 1. The van der Waals surface area contributed by atoms with Crippen LogP contribution < -0.4 is 10.1 Å². The minimum absolute atomic E-state index is 0.0346. The summed E-state index contributed by atoms with van der Waals surface area (Å²) in [5, 5.41) is 2.73. The zero-order valence-corrected chi connectivity index (χ0v) is 16.0. The van der Waals surface area contributed by atoms with Crippen LogP contribution in [0.25, 0.3) is 11.1 Å². The second-order valence-corrected chi connectivity index (χ2v) is 6.47. The molecule has 0 spiro atoms. The fourth-order valence-corrected chi connectivity index (χ4v) is 2.68. The molecule has 156 valence electrons. The number of nitrogens with one attached hydrogen (secondary N) is 1. The van der Waals surface area contributed by atoms with Crippen LogP contribution in [0.4, 0.5) is 17.6 Å². The molecule has 1 aromatic heterocycles. The van der Waals surface area contributed by atoms with E-state index in [4.69, 9.17) is 4.74 Å². The minimum Gasteiger partial charge on any atom is -0.438 e. The molecule has 1 amide bonds. The number of carbonyl (C=O) groups excluding carboxylic acids is 1. The number of amides is 1. The summed E-state index contributed by atoms with van der Waals surface area (Å²) in [7, 11) is 0. The maximum atomic E-state index is 13.7. The van der Waals surface area contributed by atoms with Crippen molar-refractivity contribution in [1.82, 2.24) is 10.3 Å². The first kappa shape index (κ1) is 21.3. The normalized spacial score (nSPS) is 11.2. The zero-order valence-electron chi connectivity index (χ0n) is 16.0. The molecule has 0 radical (unpaired) electrons. The van der Waals surface area contributed by atoms with E-state index in [1.807, 2.05) is 6.92 Å². The Labute approximate surface area is 170 Å². The quantitative estimate of drug-likeness (QED) is 0.512. The van der Waals surface area contributed by atoms with E-state index in [0.717, 1.165) is 18.6 Å². The van der Waals surface area contributed by atoms with Gasteiger partial charge in [0.15, 0.2) is 0 Å². The first-order valence-corrected chi connectivity index (χ1v) is 9.17. The Morgan fingerprint density at radius 1 is 1.10 bits per heavy atom. The van der Waals surface area contributed by atoms with E-state index < -0.39 is 17.6 Å². The standard InChI is InChI=1S/C22H18F4N2O2/c1-2-10-27-20(29)15-12-19(14-4-3-5-17(23)11-14)21(28-13-15)30-18-8-6-16(7-9-18)22(24,25)26/h3-9,11-13H,2,10H2,1H3,(H,27,29). The molecule has 1 N–H and O–H groups in total. The summed E-state index contributed by atoms with van der Waals surface area (Å²) in [6, 6.07) is 11.3. The highest BCUT2D eigenvalue weighted by molar-refractivity contribution is 5.95. The van der Waals surface area contributed by atoms with Crippen molar-refractivity contribution < 1.29 is 27.1 Å². The molecule has 0 atom stereocenters. The monoisotopic (exact) mass is 418 g/mol. The number of rotatable bonds is 6. The van der Waals surface area contributed by atoms with E-state index in [1.54, 1.807) is 6.07 Å². The van der Waals surface area contributed by atoms with Crippen molar-refractivity contribution >= 4 is 5.91 Å². The fraction of sp³-hybridized carbons (Fsp3) is 0.182. The second-order valence-electron chi connectivity index (χ2n) is 6.47. The molecule has 1 heterocycles. The van der Waals surface area contributed by atoms with E-state index in [2.05, 4.69) is 10.3 Å². The van der Waals surface area contributed by atoms with Crippen molar-refractivity contribution in [2.45, 2.75) is 19.5 Å². The molecular formula is C22H18F4N2O2. The smallest absolute Gasteiger partial charge is 0.416 e. The average Bonchev–Trinajstić information content (AvgIpc) is 2.72. The van der Waals surface area contributed by atoms with E-state index in [-0.39, 0.29) is 23.1 Å². The lowest BCUT2D eigenvalue weighted by Crippen LogP contribution is -2.24. The maximum absolute atomic E-state index is 13.7. The molecule has 0 aliphatic rings. The number of benzene rings is 2. The highest BCUT2D eigenvalue weighted by atomic mass is 19.4. The first-order valence-electron chi connectivity index (χ1n) is 9.17. The summed E-state index contributed by atoms with van der Waals surface area (Å²) in [6.45, 7) is 2.40. The van der Waals surface area contributed by atoms with Crippen molar-refractivity contribution in [2.24, 2.45) is 0 Å².